The van der Waals surface area contributed by atoms with Crippen LogP contribution in [0.5, 0.6) is 0 Å². The van der Waals surface area contributed by atoms with E-state index < -0.39 is 0 Å². The molecule has 7 heteroatoms. The molecule has 1 atom stereocenters. The van der Waals surface area contributed by atoms with Gasteiger partial charge >= 0.3 is 0 Å². The standard InChI is InChI=1S/C29H36N4O3/c1-20-28(34-2)18-36-33(25-11-12-26-27(17-25)31-19-30-26)29(20)23-5-3-21(4-6-23)22-7-9-24(10-8-22)32-13-15-35-16-14-32/h3-6,11-12,17,19,22,24,29H,7-10,13-16,18H2,1-2H3,(H,30,31). The molecule has 6 rings (SSSR count). The molecule has 1 saturated heterocycles. The Labute approximate surface area is 213 Å². The molecule has 2 fully saturated rings. The van der Waals surface area contributed by atoms with Crippen molar-refractivity contribution in [3.05, 3.63) is 71.3 Å². The number of imidazole rings is 1. The van der Waals surface area contributed by atoms with Gasteiger partial charge in [0.25, 0.3) is 0 Å². The molecule has 0 radical (unpaired) electrons. The second kappa shape index (κ2) is 10.2. The highest BCUT2D eigenvalue weighted by atomic mass is 16.7. The van der Waals surface area contributed by atoms with Crippen molar-refractivity contribution in [1.82, 2.24) is 14.9 Å². The van der Waals surface area contributed by atoms with Gasteiger partial charge in [0.05, 0.1) is 43.4 Å². The summed E-state index contributed by atoms with van der Waals surface area (Å²) in [5.41, 5.74) is 6.78. The molecule has 7 nitrogen and oxygen atoms in total. The first-order valence-corrected chi connectivity index (χ1v) is 13.2. The molecule has 3 aromatic rings. The lowest BCUT2D eigenvalue weighted by Gasteiger charge is -2.39. The molecule has 2 aliphatic heterocycles. The number of anilines is 1. The Hall–Kier alpha value is -2.87. The summed E-state index contributed by atoms with van der Waals surface area (Å²) in [7, 11) is 1.72. The van der Waals surface area contributed by atoms with Crippen LogP contribution in [0.4, 0.5) is 5.69 Å². The molecule has 0 bridgehead atoms. The van der Waals surface area contributed by atoms with E-state index in [9.17, 15) is 0 Å². The third-order valence-corrected chi connectivity index (χ3v) is 8.31. The van der Waals surface area contributed by atoms with Gasteiger partial charge in [-0.25, -0.2) is 10.0 Å². The van der Waals surface area contributed by atoms with Crippen LogP contribution in [0, 0.1) is 0 Å². The lowest BCUT2D eigenvalue weighted by atomic mass is 9.80. The van der Waals surface area contributed by atoms with E-state index in [0.717, 1.165) is 54.8 Å². The van der Waals surface area contributed by atoms with Gasteiger partial charge in [0, 0.05) is 19.1 Å². The van der Waals surface area contributed by atoms with Crippen molar-refractivity contribution in [1.29, 1.82) is 0 Å². The number of fused-ring (bicyclic) bond motifs is 1. The van der Waals surface area contributed by atoms with E-state index in [4.69, 9.17) is 14.3 Å². The maximum absolute atomic E-state index is 6.25. The normalized spacial score (nSPS) is 25.9. The van der Waals surface area contributed by atoms with Crippen molar-refractivity contribution in [2.45, 2.75) is 50.6 Å². The summed E-state index contributed by atoms with van der Waals surface area (Å²) in [6, 6.07) is 16.1. The molecule has 190 valence electrons. The fraction of sp³-hybridized carbons (Fsp3) is 0.483. The van der Waals surface area contributed by atoms with Crippen molar-refractivity contribution in [3.63, 3.8) is 0 Å². The van der Waals surface area contributed by atoms with Crippen molar-refractivity contribution >= 4 is 16.7 Å². The Kier molecular flexibility index (Phi) is 6.69. The number of ether oxygens (including phenoxy) is 2. The lowest BCUT2D eigenvalue weighted by Crippen LogP contribution is -2.44. The number of morpholine rings is 1. The van der Waals surface area contributed by atoms with Crippen LogP contribution in [-0.2, 0) is 14.3 Å². The van der Waals surface area contributed by atoms with E-state index in [2.05, 4.69) is 58.2 Å². The topological polar surface area (TPSA) is 62.9 Å². The van der Waals surface area contributed by atoms with E-state index >= 15 is 0 Å². The van der Waals surface area contributed by atoms with Crippen LogP contribution >= 0.6 is 0 Å². The summed E-state index contributed by atoms with van der Waals surface area (Å²) >= 11 is 0. The van der Waals surface area contributed by atoms with Gasteiger partial charge in [0.2, 0.25) is 0 Å². The van der Waals surface area contributed by atoms with Gasteiger partial charge in [-0.05, 0) is 73.4 Å². The summed E-state index contributed by atoms with van der Waals surface area (Å²) in [6.45, 7) is 6.52. The minimum atomic E-state index is -0.0554. The largest absolute Gasteiger partial charge is 0.499 e. The number of rotatable bonds is 5. The van der Waals surface area contributed by atoms with E-state index in [1.807, 2.05) is 11.1 Å². The lowest BCUT2D eigenvalue weighted by molar-refractivity contribution is 0.00729. The van der Waals surface area contributed by atoms with E-state index in [0.29, 0.717) is 12.5 Å². The van der Waals surface area contributed by atoms with Gasteiger partial charge < -0.3 is 14.5 Å². The van der Waals surface area contributed by atoms with Gasteiger partial charge in [-0.15, -0.1) is 0 Å². The third-order valence-electron chi connectivity index (χ3n) is 8.31. The second-order valence-electron chi connectivity index (χ2n) is 10.2. The Morgan fingerprint density at radius 2 is 1.72 bits per heavy atom. The smallest absolute Gasteiger partial charge is 0.132 e. The highest BCUT2D eigenvalue weighted by Crippen LogP contribution is 2.40. The average Bonchev–Trinajstić information content (AvgIpc) is 3.42. The second-order valence-corrected chi connectivity index (χ2v) is 10.2. The van der Waals surface area contributed by atoms with Crippen LogP contribution in [0.1, 0.15) is 55.7 Å². The number of hydrogen-bond acceptors (Lipinski definition) is 6. The van der Waals surface area contributed by atoms with Crippen LogP contribution in [-0.4, -0.2) is 60.9 Å². The van der Waals surface area contributed by atoms with Crippen molar-refractivity contribution in [3.8, 4) is 0 Å². The van der Waals surface area contributed by atoms with E-state index in [1.54, 1.807) is 13.4 Å². The third kappa shape index (κ3) is 4.51. The Morgan fingerprint density at radius 1 is 0.972 bits per heavy atom. The summed E-state index contributed by atoms with van der Waals surface area (Å²) in [5, 5.41) is 2.01. The number of benzene rings is 2. The van der Waals surface area contributed by atoms with Crippen LogP contribution in [0.25, 0.3) is 11.0 Å². The molecule has 0 spiro atoms. The first kappa shape index (κ1) is 23.5. The molecule has 1 N–H and O–H groups in total. The number of H-pyrrole nitrogens is 1. The van der Waals surface area contributed by atoms with Crippen molar-refractivity contribution in [2.24, 2.45) is 0 Å². The van der Waals surface area contributed by atoms with E-state index in [-0.39, 0.29) is 6.04 Å². The Morgan fingerprint density at radius 3 is 2.47 bits per heavy atom. The van der Waals surface area contributed by atoms with Gasteiger partial charge in [-0.1, -0.05) is 24.3 Å². The first-order chi connectivity index (χ1) is 17.7. The fourth-order valence-corrected chi connectivity index (χ4v) is 6.20. The quantitative estimate of drug-likeness (QED) is 0.524. The molecular formula is C29H36N4O3. The first-order valence-electron chi connectivity index (χ1n) is 13.2. The Bertz CT molecular complexity index is 1210. The summed E-state index contributed by atoms with van der Waals surface area (Å²) in [5.74, 6) is 1.54. The Balaban J connectivity index is 1.21. The molecule has 3 heterocycles. The zero-order valence-corrected chi connectivity index (χ0v) is 21.3. The molecule has 1 saturated carbocycles. The molecule has 0 amide bonds. The molecular weight excluding hydrogens is 452 g/mol. The summed E-state index contributed by atoms with van der Waals surface area (Å²) < 4.78 is 11.2. The maximum atomic E-state index is 6.25. The number of nitrogens with one attached hydrogen (secondary N) is 1. The predicted molar refractivity (Wildman–Crippen MR) is 141 cm³/mol. The van der Waals surface area contributed by atoms with E-state index in [1.165, 1.54) is 42.4 Å². The van der Waals surface area contributed by atoms with Gasteiger partial charge in [-0.2, -0.15) is 0 Å². The molecule has 1 aromatic heterocycles. The highest BCUT2D eigenvalue weighted by Gasteiger charge is 2.32. The zero-order chi connectivity index (χ0) is 24.5. The number of aromatic amines is 1. The van der Waals surface area contributed by atoms with Gasteiger partial charge in [0.15, 0.2) is 0 Å². The number of nitrogens with zero attached hydrogens (tertiary/aromatic N) is 3. The van der Waals surface area contributed by atoms with Gasteiger partial charge in [0.1, 0.15) is 18.4 Å². The van der Waals surface area contributed by atoms with Crippen LogP contribution < -0.4 is 5.06 Å². The molecule has 36 heavy (non-hydrogen) atoms. The number of methoxy groups -OCH3 is 1. The number of hydrogen-bond donors (Lipinski definition) is 1. The highest BCUT2D eigenvalue weighted by molar-refractivity contribution is 5.79. The summed E-state index contributed by atoms with van der Waals surface area (Å²) in [6.07, 6.45) is 6.82. The van der Waals surface area contributed by atoms with Crippen LogP contribution in [0.2, 0.25) is 0 Å². The zero-order valence-electron chi connectivity index (χ0n) is 21.3. The molecule has 2 aromatic carbocycles. The van der Waals surface area contributed by atoms with Crippen LogP contribution in [0.15, 0.2) is 60.1 Å². The average molecular weight is 489 g/mol. The number of hydroxylamine groups is 1. The van der Waals surface area contributed by atoms with Crippen molar-refractivity contribution in [2.75, 3.05) is 45.1 Å². The number of aromatic nitrogens is 2. The maximum Gasteiger partial charge on any atom is 0.132 e. The SMILES string of the molecule is COC1=C(C)C(c2ccc(C3CCC(N4CCOCC4)CC3)cc2)N(c2ccc3nc[nH]c3c2)OC1. The predicted octanol–water partition coefficient (Wildman–Crippen LogP) is 5.33. The van der Waals surface area contributed by atoms with Crippen molar-refractivity contribution < 1.29 is 14.3 Å². The monoisotopic (exact) mass is 488 g/mol. The molecule has 3 aliphatic rings. The minimum Gasteiger partial charge on any atom is -0.499 e. The van der Waals surface area contributed by atoms with Crippen LogP contribution in [0.3, 0.4) is 0 Å². The minimum absolute atomic E-state index is 0.0554. The fourth-order valence-electron chi connectivity index (χ4n) is 6.20. The van der Waals surface area contributed by atoms with Gasteiger partial charge in [-0.3, -0.25) is 9.74 Å². The molecule has 1 unspecified atom stereocenters. The summed E-state index contributed by atoms with van der Waals surface area (Å²) in [4.78, 5) is 16.5. The molecule has 1 aliphatic carbocycles.